The molecule has 6 heterocycles. The maximum atomic E-state index is 15.3. The monoisotopic (exact) mass is 846 g/mol. The molecule has 1 N–H and O–H groups in total. The Balaban J connectivity index is 1.44. The highest BCUT2D eigenvalue weighted by Gasteiger charge is 2.71. The van der Waals surface area contributed by atoms with Gasteiger partial charge in [0.2, 0.25) is 0 Å². The zero-order valence-electron chi connectivity index (χ0n) is 37.1. The minimum Gasteiger partial charge on any atom is -0.458 e. The molecule has 4 saturated heterocycles. The van der Waals surface area contributed by atoms with Gasteiger partial charge in [0.05, 0.1) is 17.8 Å². The number of aliphatic hydroxyl groups excluding tert-OH is 1. The predicted octanol–water partition coefficient (Wildman–Crippen LogP) is 4.25. The molecule has 61 heavy (non-hydrogen) atoms. The van der Waals surface area contributed by atoms with Crippen LogP contribution in [-0.2, 0) is 42.9 Å². The second-order valence-electron chi connectivity index (χ2n) is 18.2. The first-order chi connectivity index (χ1) is 28.8. The number of Topliss-reactive ketones (excluding diaryl/α,β-unsaturated/α-hetero) is 2. The van der Waals surface area contributed by atoms with Crippen LogP contribution < -0.4 is 0 Å². The van der Waals surface area contributed by atoms with Gasteiger partial charge in [0.25, 0.3) is 0 Å². The molecule has 0 amide bonds. The van der Waals surface area contributed by atoms with Crippen molar-refractivity contribution in [2.75, 3.05) is 33.8 Å². The molecule has 0 aliphatic carbocycles. The van der Waals surface area contributed by atoms with E-state index in [2.05, 4.69) is 28.6 Å². The van der Waals surface area contributed by atoms with Crippen LogP contribution in [0.4, 0.5) is 0 Å². The van der Waals surface area contributed by atoms with Gasteiger partial charge in [0.15, 0.2) is 29.1 Å². The number of aliphatic hydroxyl groups is 1. The highest BCUT2D eigenvalue weighted by Crippen LogP contribution is 2.56. The second kappa shape index (κ2) is 18.2. The summed E-state index contributed by atoms with van der Waals surface area (Å²) >= 11 is 0. The summed E-state index contributed by atoms with van der Waals surface area (Å²) in [6.07, 6.45) is -0.648. The first-order valence-electron chi connectivity index (χ1n) is 21.3. The Morgan fingerprint density at radius 1 is 1.10 bits per heavy atom. The fourth-order valence-electron chi connectivity index (χ4n) is 10.5. The lowest BCUT2D eigenvalue weighted by atomic mass is 9.62. The Kier molecular flexibility index (Phi) is 13.8. The molecule has 2 aromatic heterocycles. The lowest BCUT2D eigenvalue weighted by molar-refractivity contribution is -0.296. The van der Waals surface area contributed by atoms with E-state index in [0.29, 0.717) is 30.1 Å². The van der Waals surface area contributed by atoms with Gasteiger partial charge in [-0.2, -0.15) is 0 Å². The molecule has 0 bridgehead atoms. The maximum Gasteiger partial charge on any atom is 0.324 e. The predicted molar refractivity (Wildman–Crippen MR) is 222 cm³/mol. The topological polar surface area (TPSA) is 180 Å². The molecule has 3 unspecified atom stereocenters. The SMILES string of the molecule is C=CCN1CC2(C)C(=O)[C@H](C)C[C@](C)(OCC#Cc3cc(-c4ccccn4)on3)[C@H](O[C@@H]3O[C@H](C)C[C@H](N(C)C)[C@H]3O)[C@@H](C)C(=O)[C@@H](C)C(=O)O[C@H](CC)[C@@]3(C)OC(=O)C1C23. The van der Waals surface area contributed by atoms with E-state index in [1.54, 1.807) is 58.2 Å². The number of carbonyl (C=O) groups is 4. The van der Waals surface area contributed by atoms with Crippen molar-refractivity contribution in [1.29, 1.82) is 0 Å². The number of rotatable bonds is 9. The van der Waals surface area contributed by atoms with Gasteiger partial charge in [-0.05, 0) is 79.1 Å². The van der Waals surface area contributed by atoms with Crippen molar-refractivity contribution in [1.82, 2.24) is 19.9 Å². The van der Waals surface area contributed by atoms with Crippen molar-refractivity contribution in [3.63, 3.8) is 0 Å². The van der Waals surface area contributed by atoms with E-state index in [0.717, 1.165) is 0 Å². The number of ether oxygens (including phenoxy) is 5. The van der Waals surface area contributed by atoms with E-state index < -0.39 is 88.7 Å². The summed E-state index contributed by atoms with van der Waals surface area (Å²) in [5, 5.41) is 15.8. The number of likely N-dealkylation sites (N-methyl/N-ethyl adjacent to an activating group) is 1. The van der Waals surface area contributed by atoms with E-state index in [-0.39, 0.29) is 43.9 Å². The van der Waals surface area contributed by atoms with Gasteiger partial charge in [-0.1, -0.05) is 50.9 Å². The molecule has 6 rings (SSSR count). The Morgan fingerprint density at radius 2 is 1.84 bits per heavy atom. The van der Waals surface area contributed by atoms with Gasteiger partial charge in [0, 0.05) is 54.6 Å². The molecule has 14 atom stereocenters. The normalized spacial score (nSPS) is 38.6. The minimum absolute atomic E-state index is 0.0229. The zero-order chi connectivity index (χ0) is 44.6. The molecule has 4 aliphatic rings. The lowest BCUT2D eigenvalue weighted by Gasteiger charge is -2.48. The van der Waals surface area contributed by atoms with Gasteiger partial charge >= 0.3 is 11.9 Å². The van der Waals surface area contributed by atoms with Crippen molar-refractivity contribution >= 4 is 23.5 Å². The lowest BCUT2D eigenvalue weighted by Crippen LogP contribution is -2.60. The molecule has 2 aromatic rings. The van der Waals surface area contributed by atoms with Crippen LogP contribution in [0.3, 0.4) is 0 Å². The zero-order valence-corrected chi connectivity index (χ0v) is 37.1. The average Bonchev–Trinajstić information content (AvgIpc) is 3.91. The Bertz CT molecular complexity index is 2010. The first-order valence-corrected chi connectivity index (χ1v) is 21.3. The van der Waals surface area contributed by atoms with Gasteiger partial charge in [-0.25, -0.2) is 0 Å². The van der Waals surface area contributed by atoms with E-state index >= 15 is 4.79 Å². The van der Waals surface area contributed by atoms with Gasteiger partial charge in [0.1, 0.15) is 42.3 Å². The molecule has 0 radical (unpaired) electrons. The van der Waals surface area contributed by atoms with Crippen LogP contribution >= 0.6 is 0 Å². The van der Waals surface area contributed by atoms with Crippen molar-refractivity contribution in [3.05, 3.63) is 48.8 Å². The molecular weight excluding hydrogens is 785 g/mol. The van der Waals surface area contributed by atoms with Crippen LogP contribution in [0.1, 0.15) is 80.3 Å². The summed E-state index contributed by atoms with van der Waals surface area (Å²) in [5.41, 5.74) is -3.10. The number of aromatic nitrogens is 2. The third kappa shape index (κ3) is 8.85. The molecule has 4 aliphatic heterocycles. The summed E-state index contributed by atoms with van der Waals surface area (Å²) in [4.78, 5) is 66.0. The van der Waals surface area contributed by atoms with Crippen molar-refractivity contribution < 1.29 is 52.5 Å². The molecule has 0 saturated carbocycles. The minimum atomic E-state index is -1.47. The Labute approximate surface area is 358 Å². The summed E-state index contributed by atoms with van der Waals surface area (Å²) in [6, 6.07) is 5.94. The first kappa shape index (κ1) is 46.2. The molecule has 0 spiro atoms. The third-order valence-corrected chi connectivity index (χ3v) is 13.4. The smallest absolute Gasteiger partial charge is 0.324 e. The van der Waals surface area contributed by atoms with E-state index in [9.17, 15) is 19.5 Å². The van der Waals surface area contributed by atoms with Crippen LogP contribution in [0.5, 0.6) is 0 Å². The van der Waals surface area contributed by atoms with Crippen LogP contribution in [-0.4, -0.2) is 136 Å². The number of hydrogen-bond donors (Lipinski definition) is 1. The number of hydrogen-bond acceptors (Lipinski definition) is 15. The molecule has 4 fully saturated rings. The average molecular weight is 847 g/mol. The second-order valence-corrected chi connectivity index (χ2v) is 18.2. The van der Waals surface area contributed by atoms with Crippen molar-refractivity contribution in [2.45, 2.75) is 129 Å². The molecule has 332 valence electrons. The number of esters is 2. The van der Waals surface area contributed by atoms with Gasteiger partial charge in [-0.3, -0.25) is 29.1 Å². The Hall–Kier alpha value is -4.30. The standard InChI is InChI=1S/C46H62N4O11/c1-12-20-50-25-44(7)38-35(50)42(55)60-46(38,9)34(13-2)58-41(54)29(6)36(51)28(5)40(59-43-37(52)32(49(10)11)22-27(4)57-43)45(8,24-26(3)39(44)53)56-21-16-17-30-23-33(61-48-30)31-18-14-15-19-47-31/h12,14-15,18-19,23,26-29,32,34-35,37-38,40,43,52H,1,13,20-22,24-25H2,2-11H3/t26-,27-,28+,29-,32+,34-,35?,37-,38?,40-,43+,44?,45+,46-/m1/s1. The maximum absolute atomic E-state index is 15.3. The summed E-state index contributed by atoms with van der Waals surface area (Å²) in [7, 11) is 3.72. The van der Waals surface area contributed by atoms with Gasteiger partial charge in [-0.15, -0.1) is 6.58 Å². The number of cyclic esters (lactones) is 1. The molecular formula is C46H62N4O11. The summed E-state index contributed by atoms with van der Waals surface area (Å²) < 4.78 is 37.6. The summed E-state index contributed by atoms with van der Waals surface area (Å²) in [5.74, 6) is 0.627. The Morgan fingerprint density at radius 3 is 2.49 bits per heavy atom. The van der Waals surface area contributed by atoms with Crippen molar-refractivity contribution in [3.8, 4) is 23.3 Å². The number of likely N-dealkylation sites (tertiary alicyclic amines) is 1. The van der Waals surface area contributed by atoms with E-state index in [4.69, 9.17) is 28.2 Å². The number of ketones is 2. The van der Waals surface area contributed by atoms with Crippen LogP contribution in [0.25, 0.3) is 11.5 Å². The summed E-state index contributed by atoms with van der Waals surface area (Å²) in [6.45, 7) is 18.2. The molecule has 0 aromatic carbocycles. The highest BCUT2D eigenvalue weighted by molar-refractivity contribution is 6.00. The molecule has 15 nitrogen and oxygen atoms in total. The van der Waals surface area contributed by atoms with Crippen LogP contribution in [0.2, 0.25) is 0 Å². The third-order valence-electron chi connectivity index (χ3n) is 13.4. The van der Waals surface area contributed by atoms with Crippen LogP contribution in [0, 0.1) is 40.9 Å². The van der Waals surface area contributed by atoms with E-state index in [1.165, 1.54) is 6.92 Å². The quantitative estimate of drug-likeness (QED) is 0.164. The van der Waals surface area contributed by atoms with E-state index in [1.807, 2.05) is 50.7 Å². The number of carbonyl (C=O) groups excluding carboxylic acids is 4. The fourth-order valence-corrected chi connectivity index (χ4v) is 10.5. The van der Waals surface area contributed by atoms with Crippen LogP contribution in [0.15, 0.2) is 47.6 Å². The molecule has 15 heteroatoms. The van der Waals surface area contributed by atoms with Crippen molar-refractivity contribution in [2.24, 2.45) is 29.1 Å². The number of pyridine rings is 1. The number of nitrogens with zero attached hydrogens (tertiary/aromatic N) is 4. The van der Waals surface area contributed by atoms with Gasteiger partial charge < -0.3 is 38.2 Å². The largest absolute Gasteiger partial charge is 0.458 e. The fraction of sp³-hybridized carbons (Fsp3) is 0.652. The highest BCUT2D eigenvalue weighted by atomic mass is 16.7.